The first-order valence-electron chi connectivity index (χ1n) is 5.97. The van der Waals surface area contributed by atoms with Crippen LogP contribution in [-0.4, -0.2) is 16.0 Å². The van der Waals surface area contributed by atoms with Crippen LogP contribution in [0.25, 0.3) is 6.08 Å². The van der Waals surface area contributed by atoms with E-state index in [9.17, 15) is 9.18 Å². The number of hydrogen-bond donors (Lipinski definition) is 1. The Morgan fingerprint density at radius 1 is 1.40 bits per heavy atom. The number of nitriles is 1. The molecular weight excluding hydrogens is 257 g/mol. The molecule has 0 saturated carbocycles. The summed E-state index contributed by atoms with van der Waals surface area (Å²) < 4.78 is 13.6. The number of benzene rings is 1. The van der Waals surface area contributed by atoms with Crippen molar-refractivity contribution in [1.29, 1.82) is 5.26 Å². The number of Topliss-reactive ketones (excluding diaryl/α,β-unsaturated/α-hetero) is 1. The van der Waals surface area contributed by atoms with E-state index in [1.807, 2.05) is 6.07 Å². The Balaban J connectivity index is 2.47. The van der Waals surface area contributed by atoms with Gasteiger partial charge < -0.3 is 0 Å². The molecule has 0 fully saturated rings. The van der Waals surface area contributed by atoms with Crippen molar-refractivity contribution in [2.45, 2.75) is 13.8 Å². The van der Waals surface area contributed by atoms with E-state index in [2.05, 4.69) is 10.2 Å². The van der Waals surface area contributed by atoms with Gasteiger partial charge in [-0.15, -0.1) is 0 Å². The zero-order chi connectivity index (χ0) is 14.7. The first-order chi connectivity index (χ1) is 9.54. The smallest absolute Gasteiger partial charge is 0.206 e. The van der Waals surface area contributed by atoms with Crippen LogP contribution in [0.15, 0.2) is 29.8 Å². The Kier molecular flexibility index (Phi) is 3.76. The second-order valence-electron chi connectivity index (χ2n) is 4.33. The second-order valence-corrected chi connectivity index (χ2v) is 4.33. The van der Waals surface area contributed by atoms with Gasteiger partial charge in [-0.05, 0) is 32.1 Å². The van der Waals surface area contributed by atoms with Gasteiger partial charge in [-0.25, -0.2) is 4.39 Å². The van der Waals surface area contributed by atoms with Crippen LogP contribution >= 0.6 is 0 Å². The summed E-state index contributed by atoms with van der Waals surface area (Å²) in [4.78, 5) is 12.2. The van der Waals surface area contributed by atoms with Gasteiger partial charge in [-0.2, -0.15) is 10.4 Å². The van der Waals surface area contributed by atoms with Crippen molar-refractivity contribution >= 4 is 11.9 Å². The molecule has 20 heavy (non-hydrogen) atoms. The molecule has 0 aliphatic rings. The van der Waals surface area contributed by atoms with Gasteiger partial charge in [0, 0.05) is 11.3 Å². The molecule has 0 radical (unpaired) electrons. The molecule has 0 bridgehead atoms. The Morgan fingerprint density at radius 2 is 2.10 bits per heavy atom. The highest BCUT2D eigenvalue weighted by Crippen LogP contribution is 2.18. The Hall–Kier alpha value is -2.74. The molecule has 4 nitrogen and oxygen atoms in total. The van der Waals surface area contributed by atoms with E-state index in [0.717, 1.165) is 5.69 Å². The maximum Gasteiger partial charge on any atom is 0.206 e. The van der Waals surface area contributed by atoms with E-state index >= 15 is 0 Å². The molecule has 2 aromatic rings. The maximum absolute atomic E-state index is 13.6. The number of H-pyrrole nitrogens is 1. The molecule has 0 spiro atoms. The third kappa shape index (κ3) is 2.50. The molecule has 1 aromatic carbocycles. The van der Waals surface area contributed by atoms with Crippen LogP contribution in [0.4, 0.5) is 4.39 Å². The molecule has 1 heterocycles. The number of allylic oxidation sites excluding steroid dienone is 1. The fourth-order valence-electron chi connectivity index (χ4n) is 1.86. The molecule has 2 rings (SSSR count). The van der Waals surface area contributed by atoms with Gasteiger partial charge in [0.25, 0.3) is 0 Å². The number of aromatic amines is 1. The minimum absolute atomic E-state index is 0.112. The predicted molar refractivity (Wildman–Crippen MR) is 72.4 cm³/mol. The highest BCUT2D eigenvalue weighted by Gasteiger charge is 2.17. The zero-order valence-corrected chi connectivity index (χ0v) is 11.1. The lowest BCUT2D eigenvalue weighted by atomic mass is 10.0. The van der Waals surface area contributed by atoms with E-state index in [0.29, 0.717) is 11.3 Å². The Morgan fingerprint density at radius 3 is 2.65 bits per heavy atom. The molecular formula is C15H12FN3O. The van der Waals surface area contributed by atoms with Crippen molar-refractivity contribution in [2.75, 3.05) is 0 Å². The summed E-state index contributed by atoms with van der Waals surface area (Å²) in [5.41, 5.74) is 1.86. The van der Waals surface area contributed by atoms with Gasteiger partial charge in [0.2, 0.25) is 5.78 Å². The first-order valence-corrected chi connectivity index (χ1v) is 5.97. The van der Waals surface area contributed by atoms with Crippen molar-refractivity contribution in [1.82, 2.24) is 10.2 Å². The maximum atomic E-state index is 13.6. The molecule has 1 aromatic heterocycles. The molecule has 0 amide bonds. The number of rotatable bonds is 3. The van der Waals surface area contributed by atoms with Crippen molar-refractivity contribution < 1.29 is 9.18 Å². The molecule has 0 saturated heterocycles. The van der Waals surface area contributed by atoms with E-state index in [1.54, 1.807) is 19.9 Å². The molecule has 0 aliphatic heterocycles. The van der Waals surface area contributed by atoms with E-state index in [1.165, 1.54) is 24.3 Å². The lowest BCUT2D eigenvalue weighted by Gasteiger charge is -2.01. The summed E-state index contributed by atoms with van der Waals surface area (Å²) in [7, 11) is 0. The highest BCUT2D eigenvalue weighted by atomic mass is 19.1. The Labute approximate surface area is 115 Å². The fraction of sp³-hybridized carbons (Fsp3) is 0.133. The molecule has 0 aliphatic carbocycles. The van der Waals surface area contributed by atoms with Crippen LogP contribution in [0.5, 0.6) is 0 Å². The number of nitrogens with one attached hydrogen (secondary N) is 1. The van der Waals surface area contributed by atoms with Gasteiger partial charge in [-0.3, -0.25) is 9.89 Å². The van der Waals surface area contributed by atoms with E-state index < -0.39 is 11.6 Å². The van der Waals surface area contributed by atoms with Crippen LogP contribution in [0.1, 0.15) is 27.3 Å². The van der Waals surface area contributed by atoms with Crippen molar-refractivity contribution in [3.63, 3.8) is 0 Å². The average molecular weight is 269 g/mol. The molecule has 0 unspecified atom stereocenters. The summed E-state index contributed by atoms with van der Waals surface area (Å²) in [5, 5.41) is 15.9. The minimum Gasteiger partial charge on any atom is -0.288 e. The number of aromatic nitrogens is 2. The van der Waals surface area contributed by atoms with Gasteiger partial charge in [-0.1, -0.05) is 12.1 Å². The lowest BCUT2D eigenvalue weighted by molar-refractivity contribution is 0.103. The summed E-state index contributed by atoms with van der Waals surface area (Å²) >= 11 is 0. The number of hydrogen-bond acceptors (Lipinski definition) is 3. The average Bonchev–Trinajstić information content (AvgIpc) is 2.75. The topological polar surface area (TPSA) is 69.5 Å². The lowest BCUT2D eigenvalue weighted by Crippen LogP contribution is -2.04. The minimum atomic E-state index is -0.640. The molecule has 100 valence electrons. The number of carbonyl (C=O) groups is 1. The zero-order valence-electron chi connectivity index (χ0n) is 11.1. The monoisotopic (exact) mass is 269 g/mol. The van der Waals surface area contributed by atoms with Crippen LogP contribution in [0.2, 0.25) is 0 Å². The highest BCUT2D eigenvalue weighted by molar-refractivity contribution is 6.14. The number of carbonyl (C=O) groups excluding carboxylic acids is 1. The second kappa shape index (κ2) is 5.49. The standard InChI is InChI=1S/C15H12FN3O/c1-9-13(10(2)19-18-9)7-11(8-17)15(20)12-5-3-4-6-14(12)16/h3-7H,1-2H3,(H,18,19). The predicted octanol–water partition coefficient (Wildman–Crippen LogP) is 2.96. The van der Waals surface area contributed by atoms with Gasteiger partial charge in [0.15, 0.2) is 0 Å². The van der Waals surface area contributed by atoms with Crippen molar-refractivity contribution in [2.24, 2.45) is 0 Å². The number of halogens is 1. The molecule has 5 heteroatoms. The van der Waals surface area contributed by atoms with Gasteiger partial charge >= 0.3 is 0 Å². The first kappa shape index (κ1) is 13.7. The summed E-state index contributed by atoms with van der Waals surface area (Å²) in [6.45, 7) is 3.55. The van der Waals surface area contributed by atoms with Crippen molar-refractivity contribution in [3.05, 3.63) is 58.2 Å². The van der Waals surface area contributed by atoms with Crippen molar-refractivity contribution in [3.8, 4) is 6.07 Å². The Bertz CT molecular complexity index is 718. The van der Waals surface area contributed by atoms with E-state index in [-0.39, 0.29) is 11.1 Å². The molecule has 0 atom stereocenters. The number of nitrogens with zero attached hydrogens (tertiary/aromatic N) is 2. The summed E-state index contributed by atoms with van der Waals surface area (Å²) in [6, 6.07) is 7.42. The van der Waals surface area contributed by atoms with Crippen LogP contribution in [0.3, 0.4) is 0 Å². The molecule has 1 N–H and O–H groups in total. The van der Waals surface area contributed by atoms with Crippen LogP contribution < -0.4 is 0 Å². The quantitative estimate of drug-likeness (QED) is 0.529. The largest absolute Gasteiger partial charge is 0.288 e. The van der Waals surface area contributed by atoms with Gasteiger partial charge in [0.05, 0.1) is 11.3 Å². The van der Waals surface area contributed by atoms with E-state index in [4.69, 9.17) is 5.26 Å². The van der Waals surface area contributed by atoms with Gasteiger partial charge in [0.1, 0.15) is 17.5 Å². The third-order valence-corrected chi connectivity index (χ3v) is 2.96. The SMILES string of the molecule is Cc1n[nH]c(C)c1C=C(C#N)C(=O)c1ccccc1F. The summed E-state index contributed by atoms with van der Waals surface area (Å²) in [5.74, 6) is -1.27. The fourth-order valence-corrected chi connectivity index (χ4v) is 1.86. The van der Waals surface area contributed by atoms with Crippen LogP contribution in [0, 0.1) is 31.0 Å². The normalized spacial score (nSPS) is 11.2. The van der Waals surface area contributed by atoms with Crippen LogP contribution in [-0.2, 0) is 0 Å². The number of aryl methyl sites for hydroxylation is 2. The number of ketones is 1. The third-order valence-electron chi connectivity index (χ3n) is 2.96. The summed E-state index contributed by atoms with van der Waals surface area (Å²) in [6.07, 6.45) is 1.43.